The van der Waals surface area contributed by atoms with E-state index in [1.54, 1.807) is 0 Å². The minimum Gasteiger partial charge on any atom is -0.465 e. The molecule has 0 spiro atoms. The standard InChI is InChI=1S/C36H38O4/c1-23-19-27(35(3,4)25-15-11-9-12-16-25)21-29(33(37)39-7)31(23)32-24(2)20-28(22-30(32)34(38)40-8)36(5,6)26-17-13-10-14-18-26/h9-22H,1-8H3. The molecule has 0 fully saturated rings. The third-order valence-electron chi connectivity index (χ3n) is 8.17. The van der Waals surface area contributed by atoms with Gasteiger partial charge in [0, 0.05) is 22.0 Å². The van der Waals surface area contributed by atoms with Gasteiger partial charge in [-0.3, -0.25) is 0 Å². The number of benzene rings is 4. The fourth-order valence-electron chi connectivity index (χ4n) is 5.54. The Bertz CT molecular complexity index is 1430. The number of esters is 2. The van der Waals surface area contributed by atoms with Crippen LogP contribution < -0.4 is 0 Å². The van der Waals surface area contributed by atoms with Crippen molar-refractivity contribution < 1.29 is 19.1 Å². The zero-order valence-electron chi connectivity index (χ0n) is 24.7. The highest BCUT2D eigenvalue weighted by Gasteiger charge is 2.31. The second kappa shape index (κ2) is 11.1. The summed E-state index contributed by atoms with van der Waals surface area (Å²) in [6, 6.07) is 28.5. The van der Waals surface area contributed by atoms with Crippen molar-refractivity contribution in [2.24, 2.45) is 0 Å². The molecule has 0 unspecified atom stereocenters. The molecule has 40 heavy (non-hydrogen) atoms. The summed E-state index contributed by atoms with van der Waals surface area (Å²) in [5.74, 6) is -0.902. The normalized spacial score (nSPS) is 11.7. The predicted octanol–water partition coefficient (Wildman–Crippen LogP) is 8.20. The van der Waals surface area contributed by atoms with Gasteiger partial charge in [-0.2, -0.15) is 0 Å². The second-order valence-electron chi connectivity index (χ2n) is 11.4. The summed E-state index contributed by atoms with van der Waals surface area (Å²) in [4.78, 5) is 26.6. The topological polar surface area (TPSA) is 52.6 Å². The Labute approximate surface area is 238 Å². The number of carbonyl (C=O) groups is 2. The van der Waals surface area contributed by atoms with Gasteiger partial charge in [-0.25, -0.2) is 9.59 Å². The van der Waals surface area contributed by atoms with Gasteiger partial charge in [0.1, 0.15) is 0 Å². The summed E-state index contributed by atoms with van der Waals surface area (Å²) in [6.45, 7) is 12.5. The Hall–Kier alpha value is -4.18. The average Bonchev–Trinajstić information content (AvgIpc) is 2.96. The van der Waals surface area contributed by atoms with Gasteiger partial charge in [0.15, 0.2) is 0 Å². The summed E-state index contributed by atoms with van der Waals surface area (Å²) in [5, 5.41) is 0. The van der Waals surface area contributed by atoms with E-state index in [4.69, 9.17) is 9.47 Å². The molecule has 0 bridgehead atoms. The Morgan fingerprint density at radius 3 is 1.15 bits per heavy atom. The number of hydrogen-bond acceptors (Lipinski definition) is 4. The summed E-state index contributed by atoms with van der Waals surface area (Å²) in [5.41, 5.74) is 7.48. The Morgan fingerprint density at radius 2 is 0.850 bits per heavy atom. The van der Waals surface area contributed by atoms with E-state index in [2.05, 4.69) is 64.1 Å². The van der Waals surface area contributed by atoms with E-state index in [-0.39, 0.29) is 10.8 Å². The molecule has 4 rings (SSSR count). The Kier molecular flexibility index (Phi) is 8.02. The summed E-state index contributed by atoms with van der Waals surface area (Å²) in [6.07, 6.45) is 0. The van der Waals surface area contributed by atoms with Crippen LogP contribution >= 0.6 is 0 Å². The lowest BCUT2D eigenvalue weighted by atomic mass is 9.74. The molecule has 0 saturated heterocycles. The first-order valence-electron chi connectivity index (χ1n) is 13.5. The maximum atomic E-state index is 13.3. The zero-order chi connectivity index (χ0) is 29.2. The van der Waals surface area contributed by atoms with Crippen LogP contribution in [0.3, 0.4) is 0 Å². The molecule has 4 aromatic carbocycles. The van der Waals surface area contributed by atoms with Gasteiger partial charge in [0.05, 0.1) is 25.3 Å². The van der Waals surface area contributed by atoms with Crippen molar-refractivity contribution in [2.45, 2.75) is 52.4 Å². The number of aryl methyl sites for hydroxylation is 2. The third-order valence-corrected chi connectivity index (χ3v) is 8.17. The molecule has 0 aromatic heterocycles. The minimum atomic E-state index is -0.451. The maximum Gasteiger partial charge on any atom is 0.338 e. The van der Waals surface area contributed by atoms with E-state index < -0.39 is 11.9 Å². The summed E-state index contributed by atoms with van der Waals surface area (Å²) < 4.78 is 10.5. The van der Waals surface area contributed by atoms with Gasteiger partial charge in [0.2, 0.25) is 0 Å². The van der Waals surface area contributed by atoms with Crippen molar-refractivity contribution in [2.75, 3.05) is 14.2 Å². The van der Waals surface area contributed by atoms with E-state index in [1.165, 1.54) is 14.2 Å². The molecule has 0 saturated carbocycles. The zero-order valence-corrected chi connectivity index (χ0v) is 24.7. The van der Waals surface area contributed by atoms with Crippen LogP contribution in [0.15, 0.2) is 84.9 Å². The van der Waals surface area contributed by atoms with Crippen LogP contribution in [-0.4, -0.2) is 26.2 Å². The van der Waals surface area contributed by atoms with E-state index in [1.807, 2.05) is 62.4 Å². The molecule has 0 atom stereocenters. The first kappa shape index (κ1) is 28.8. The van der Waals surface area contributed by atoms with Gasteiger partial charge in [-0.05, 0) is 59.4 Å². The average molecular weight is 535 g/mol. The Morgan fingerprint density at radius 1 is 0.525 bits per heavy atom. The highest BCUT2D eigenvalue weighted by molar-refractivity contribution is 6.05. The number of hydrogen-bond donors (Lipinski definition) is 0. The van der Waals surface area contributed by atoms with Gasteiger partial charge in [-0.1, -0.05) is 100 Å². The largest absolute Gasteiger partial charge is 0.465 e. The molecule has 0 aliphatic rings. The predicted molar refractivity (Wildman–Crippen MR) is 161 cm³/mol. The lowest BCUT2D eigenvalue weighted by Gasteiger charge is -2.30. The fraction of sp³-hybridized carbons (Fsp3) is 0.278. The van der Waals surface area contributed by atoms with Crippen molar-refractivity contribution in [3.05, 3.63) is 129 Å². The van der Waals surface area contributed by atoms with Crippen LogP contribution in [0.5, 0.6) is 0 Å². The minimum absolute atomic E-state index is 0.364. The van der Waals surface area contributed by atoms with Gasteiger partial charge in [-0.15, -0.1) is 0 Å². The quantitative estimate of drug-likeness (QED) is 0.224. The molecule has 0 aliphatic heterocycles. The highest BCUT2D eigenvalue weighted by Crippen LogP contribution is 2.42. The molecule has 0 heterocycles. The fourth-order valence-corrected chi connectivity index (χ4v) is 5.54. The highest BCUT2D eigenvalue weighted by atomic mass is 16.5. The van der Waals surface area contributed by atoms with Gasteiger partial charge in [0.25, 0.3) is 0 Å². The van der Waals surface area contributed by atoms with Crippen LogP contribution in [0, 0.1) is 13.8 Å². The first-order valence-corrected chi connectivity index (χ1v) is 13.5. The first-order chi connectivity index (χ1) is 18.9. The summed E-state index contributed by atoms with van der Waals surface area (Å²) >= 11 is 0. The van der Waals surface area contributed by atoms with Gasteiger partial charge >= 0.3 is 11.9 Å². The van der Waals surface area contributed by atoms with Crippen molar-refractivity contribution in [1.82, 2.24) is 0 Å². The molecule has 4 nitrogen and oxygen atoms in total. The number of carbonyl (C=O) groups excluding carboxylic acids is 2. The number of ether oxygens (including phenoxy) is 2. The molecule has 4 heteroatoms. The maximum absolute atomic E-state index is 13.3. The molecular formula is C36H38O4. The monoisotopic (exact) mass is 534 g/mol. The van der Waals surface area contributed by atoms with Crippen LogP contribution in [-0.2, 0) is 20.3 Å². The third kappa shape index (κ3) is 5.19. The van der Waals surface area contributed by atoms with E-state index in [0.29, 0.717) is 22.3 Å². The van der Waals surface area contributed by atoms with E-state index in [0.717, 1.165) is 33.4 Å². The SMILES string of the molecule is COC(=O)c1cc(C(C)(C)c2ccccc2)cc(C)c1-c1c(C)cc(C(C)(C)c2ccccc2)cc1C(=O)OC. The van der Waals surface area contributed by atoms with Gasteiger partial charge < -0.3 is 9.47 Å². The van der Waals surface area contributed by atoms with Crippen molar-refractivity contribution in [3.63, 3.8) is 0 Å². The molecule has 0 N–H and O–H groups in total. The Balaban J connectivity index is 2.00. The van der Waals surface area contributed by atoms with E-state index >= 15 is 0 Å². The number of methoxy groups -OCH3 is 2. The molecule has 0 amide bonds. The lowest BCUT2D eigenvalue weighted by Crippen LogP contribution is -2.22. The molecule has 0 aliphatic carbocycles. The summed E-state index contributed by atoms with van der Waals surface area (Å²) in [7, 11) is 2.77. The molecule has 206 valence electrons. The van der Waals surface area contributed by atoms with Crippen molar-refractivity contribution in [3.8, 4) is 11.1 Å². The van der Waals surface area contributed by atoms with Crippen LogP contribution in [0.4, 0.5) is 0 Å². The van der Waals surface area contributed by atoms with Crippen LogP contribution in [0.25, 0.3) is 11.1 Å². The van der Waals surface area contributed by atoms with Crippen LogP contribution in [0.2, 0.25) is 0 Å². The van der Waals surface area contributed by atoms with Crippen molar-refractivity contribution in [1.29, 1.82) is 0 Å². The molecule has 4 aromatic rings. The van der Waals surface area contributed by atoms with Crippen molar-refractivity contribution >= 4 is 11.9 Å². The number of rotatable bonds is 7. The molecule has 0 radical (unpaired) electrons. The molecular weight excluding hydrogens is 496 g/mol. The van der Waals surface area contributed by atoms with Crippen LogP contribution in [0.1, 0.15) is 81.8 Å². The lowest BCUT2D eigenvalue weighted by molar-refractivity contribution is 0.0589. The van der Waals surface area contributed by atoms with E-state index in [9.17, 15) is 9.59 Å². The smallest absolute Gasteiger partial charge is 0.338 e. The second-order valence-corrected chi connectivity index (χ2v) is 11.4.